The number of unbranched alkanes of at least 4 members (excludes halogenated alkanes) is 9. The van der Waals surface area contributed by atoms with Crippen LogP contribution in [-0.4, -0.2) is 66.5 Å². The van der Waals surface area contributed by atoms with Crippen LogP contribution in [0.1, 0.15) is 201 Å². The lowest BCUT2D eigenvalue weighted by Crippen LogP contribution is -2.30. The fraction of sp³-hybridized carbons (Fsp3) is 0.544. The molecule has 448 valence electrons. The van der Waals surface area contributed by atoms with Gasteiger partial charge in [-0.2, -0.15) is 0 Å². The van der Waals surface area contributed by atoms with Crippen LogP contribution < -0.4 is 0 Å². The predicted octanol–water partition coefficient (Wildman–Crippen LogP) is 18.2. The number of allylic oxidation sites excluding steroid dienone is 27. The van der Waals surface area contributed by atoms with Gasteiger partial charge >= 0.3 is 25.7 Å². The minimum Gasteiger partial charge on any atom is -0.461 e. The lowest BCUT2D eigenvalue weighted by atomic mass is 10.1. The maximum atomic E-state index is 12.9. The van der Waals surface area contributed by atoms with Crippen LogP contribution in [0.4, 0.5) is 0 Å². The molecule has 0 aromatic carbocycles. The van der Waals surface area contributed by atoms with Crippen LogP contribution in [0, 0.1) is 0 Å². The zero-order valence-electron chi connectivity index (χ0n) is 49.5. The molecule has 12 heteroatoms. The fourth-order valence-corrected chi connectivity index (χ4v) is 7.95. The first-order chi connectivity index (χ1) is 39.2. The minimum atomic E-state index is -4.81. The third kappa shape index (κ3) is 57.5. The van der Waals surface area contributed by atoms with Crippen molar-refractivity contribution < 1.29 is 52.2 Å². The number of ether oxygens (including phenoxy) is 3. The average Bonchev–Trinajstić information content (AvgIpc) is 3.45. The van der Waals surface area contributed by atoms with E-state index in [1.54, 1.807) is 6.08 Å². The lowest BCUT2D eigenvalue weighted by Gasteiger charge is -2.21. The van der Waals surface area contributed by atoms with Crippen molar-refractivity contribution in [2.75, 3.05) is 26.4 Å². The molecule has 0 amide bonds. The Labute approximate surface area is 485 Å². The van der Waals surface area contributed by atoms with E-state index in [4.69, 9.17) is 23.3 Å². The van der Waals surface area contributed by atoms with Gasteiger partial charge in [-0.05, 0) is 122 Å². The highest BCUT2D eigenvalue weighted by atomic mass is 31.2. The Hall–Kier alpha value is -5.16. The normalized spacial score (nSPS) is 14.5. The highest BCUT2D eigenvalue weighted by molar-refractivity contribution is 7.47. The van der Waals surface area contributed by atoms with Gasteiger partial charge in [0.1, 0.15) is 12.7 Å². The van der Waals surface area contributed by atoms with Gasteiger partial charge < -0.3 is 24.2 Å². The van der Waals surface area contributed by atoms with Crippen LogP contribution >= 0.6 is 7.82 Å². The summed E-state index contributed by atoms with van der Waals surface area (Å²) in [6, 6.07) is 0. The van der Waals surface area contributed by atoms with Crippen molar-refractivity contribution in [3.05, 3.63) is 170 Å². The summed E-state index contributed by atoms with van der Waals surface area (Å²) < 4.78 is 39.3. The Morgan fingerprint density at radius 1 is 0.375 bits per heavy atom. The maximum absolute atomic E-state index is 12.9. The second-order valence-electron chi connectivity index (χ2n) is 19.1. The molecule has 3 unspecified atom stereocenters. The summed E-state index contributed by atoms with van der Waals surface area (Å²) in [5.74, 6) is -1.76. The van der Waals surface area contributed by atoms with E-state index in [1.807, 2.05) is 24.3 Å². The van der Waals surface area contributed by atoms with Crippen LogP contribution in [-0.2, 0) is 42.2 Å². The van der Waals surface area contributed by atoms with Gasteiger partial charge in [0, 0.05) is 12.8 Å². The summed E-state index contributed by atoms with van der Waals surface area (Å²) in [5.41, 5.74) is 0. The molecule has 80 heavy (non-hydrogen) atoms. The van der Waals surface area contributed by atoms with Crippen molar-refractivity contribution >= 4 is 25.7 Å². The van der Waals surface area contributed by atoms with E-state index in [1.165, 1.54) is 25.7 Å². The van der Waals surface area contributed by atoms with Crippen molar-refractivity contribution in [2.24, 2.45) is 0 Å². The third-order valence-corrected chi connectivity index (χ3v) is 12.6. The largest absolute Gasteiger partial charge is 0.472 e. The smallest absolute Gasteiger partial charge is 0.461 e. The van der Waals surface area contributed by atoms with E-state index < -0.39 is 64.4 Å². The average molecular weight is 1130 g/mol. The van der Waals surface area contributed by atoms with Crippen molar-refractivity contribution in [3.8, 4) is 0 Å². The molecule has 3 atom stereocenters. The first-order valence-electron chi connectivity index (χ1n) is 30.0. The zero-order valence-corrected chi connectivity index (χ0v) is 50.4. The van der Waals surface area contributed by atoms with Crippen LogP contribution in [0.3, 0.4) is 0 Å². The SMILES string of the molecule is CC/C=C\C/C=C\C/C=C\C/C=C\C/C=C\C/C=C\CCC(=O)OC(COC(=O)C/C=C\C/C=C\C/C=C\C/C=C\C/C=C\CC)COP(=O)(O)OCC(CO)OC(=O)CCCCCCCC/C=C\C/C=C\C/C=C\CCCCC. The Bertz CT molecular complexity index is 1990. The number of rotatable bonds is 53. The van der Waals surface area contributed by atoms with Crippen molar-refractivity contribution in [1.29, 1.82) is 0 Å². The summed E-state index contributed by atoms with van der Waals surface area (Å²) in [5, 5.41) is 9.84. The second-order valence-corrected chi connectivity index (χ2v) is 20.5. The Balaban J connectivity index is 4.93. The minimum absolute atomic E-state index is 0.0117. The Kier molecular flexibility index (Phi) is 56.1. The van der Waals surface area contributed by atoms with Gasteiger partial charge in [-0.25, -0.2) is 4.57 Å². The maximum Gasteiger partial charge on any atom is 0.472 e. The molecular formula is C68H105O11P. The quantitative estimate of drug-likeness (QED) is 0.0197. The van der Waals surface area contributed by atoms with E-state index in [0.717, 1.165) is 109 Å². The zero-order chi connectivity index (χ0) is 58.3. The number of hydrogen-bond donors (Lipinski definition) is 2. The molecule has 0 aromatic heterocycles. The standard InChI is InChI=1S/C68H105O11P/c1-4-7-10-13-16-19-22-25-28-30-32-34-37-40-43-46-49-52-55-58-67(71)78-64(60-69)62-76-80(73,74)77-63-65(61-75-66(70)57-54-51-48-45-42-39-36-27-24-21-18-15-12-9-6-3)79-68(72)59-56-53-50-47-44-41-38-35-33-31-29-26-23-20-17-14-11-8-5-2/h8-9,11-12,16-21,25-29,32-36,41-42,44-45,50-51,53-54,64-65,69H,4-7,10,13-15,22-24,30-31,37-40,43,46-49,52,55-63H2,1-3H3,(H,73,74)/b11-8-,12-9-,19-16-,20-17-,21-18-,28-25-,29-26-,34-32-,35-33-,36-27-,44-41-,45-42-,53-50-,54-51-. The molecule has 11 nitrogen and oxygen atoms in total. The van der Waals surface area contributed by atoms with Crippen molar-refractivity contribution in [3.63, 3.8) is 0 Å². The molecule has 0 spiro atoms. The van der Waals surface area contributed by atoms with Gasteiger partial charge in [0.05, 0.1) is 26.2 Å². The molecule has 0 fully saturated rings. The van der Waals surface area contributed by atoms with Gasteiger partial charge in [0.2, 0.25) is 0 Å². The summed E-state index contributed by atoms with van der Waals surface area (Å²) in [4.78, 5) is 48.5. The first-order valence-corrected chi connectivity index (χ1v) is 31.5. The van der Waals surface area contributed by atoms with Gasteiger partial charge in [-0.15, -0.1) is 0 Å². The van der Waals surface area contributed by atoms with Crippen LogP contribution in [0.25, 0.3) is 0 Å². The number of aliphatic hydroxyl groups excluding tert-OH is 1. The summed E-state index contributed by atoms with van der Waals surface area (Å²) in [6.07, 6.45) is 80.7. The summed E-state index contributed by atoms with van der Waals surface area (Å²) in [7, 11) is -4.81. The number of carbonyl (C=O) groups is 3. The van der Waals surface area contributed by atoms with Crippen molar-refractivity contribution in [1.82, 2.24) is 0 Å². The van der Waals surface area contributed by atoms with Gasteiger partial charge in [-0.3, -0.25) is 23.4 Å². The van der Waals surface area contributed by atoms with Crippen molar-refractivity contribution in [2.45, 2.75) is 213 Å². The molecule has 0 heterocycles. The number of hydrogen-bond acceptors (Lipinski definition) is 10. The predicted molar refractivity (Wildman–Crippen MR) is 334 cm³/mol. The number of esters is 3. The first kappa shape index (κ1) is 74.8. The van der Waals surface area contributed by atoms with Crippen LogP contribution in [0.5, 0.6) is 0 Å². The number of phosphoric ester groups is 1. The van der Waals surface area contributed by atoms with E-state index in [0.29, 0.717) is 25.7 Å². The molecule has 0 radical (unpaired) electrons. The van der Waals surface area contributed by atoms with E-state index in [-0.39, 0.29) is 19.3 Å². The van der Waals surface area contributed by atoms with E-state index in [9.17, 15) is 28.9 Å². The molecule has 0 saturated carbocycles. The second kappa shape index (κ2) is 59.9. The topological polar surface area (TPSA) is 155 Å². The highest BCUT2D eigenvalue weighted by Crippen LogP contribution is 2.43. The molecule has 0 aromatic rings. The number of aliphatic hydroxyl groups is 1. The molecule has 0 saturated heterocycles. The molecule has 2 N–H and O–H groups in total. The molecule has 0 bridgehead atoms. The molecule has 0 aliphatic rings. The third-order valence-electron chi connectivity index (χ3n) is 11.7. The monoisotopic (exact) mass is 1130 g/mol. The fourth-order valence-electron chi connectivity index (χ4n) is 7.17. The van der Waals surface area contributed by atoms with Gasteiger partial charge in [0.25, 0.3) is 0 Å². The lowest BCUT2D eigenvalue weighted by molar-refractivity contribution is -0.160. The Morgan fingerprint density at radius 3 is 1.14 bits per heavy atom. The molecule has 0 rings (SSSR count). The molecule has 0 aliphatic carbocycles. The van der Waals surface area contributed by atoms with Gasteiger partial charge in [0.15, 0.2) is 6.10 Å². The van der Waals surface area contributed by atoms with E-state index in [2.05, 4.69) is 161 Å². The highest BCUT2D eigenvalue weighted by Gasteiger charge is 2.28. The Morgan fingerprint density at radius 2 is 0.713 bits per heavy atom. The summed E-state index contributed by atoms with van der Waals surface area (Å²) in [6.45, 7) is 4.15. The molecule has 0 aliphatic heterocycles. The number of phosphoric acid groups is 1. The van der Waals surface area contributed by atoms with E-state index >= 15 is 0 Å². The van der Waals surface area contributed by atoms with Crippen LogP contribution in [0.2, 0.25) is 0 Å². The summed E-state index contributed by atoms with van der Waals surface area (Å²) >= 11 is 0. The number of carbonyl (C=O) groups excluding carboxylic acids is 3. The molecular weight excluding hydrogens is 1020 g/mol. The van der Waals surface area contributed by atoms with Gasteiger partial charge in [-0.1, -0.05) is 229 Å². The van der Waals surface area contributed by atoms with Crippen LogP contribution in [0.15, 0.2) is 170 Å².